The third kappa shape index (κ3) is 2.77. The van der Waals surface area contributed by atoms with Crippen LogP contribution in [0.1, 0.15) is 32.6 Å². The number of carbonyl (C=O) groups excluding carboxylic acids is 1. The number of nitrogens with zero attached hydrogens (tertiary/aromatic N) is 1. The summed E-state index contributed by atoms with van der Waals surface area (Å²) in [6.45, 7) is 2.96. The summed E-state index contributed by atoms with van der Waals surface area (Å²) < 4.78 is 0. The number of rotatable bonds is 2. The summed E-state index contributed by atoms with van der Waals surface area (Å²) in [5.41, 5.74) is -0.690. The molecule has 0 aromatic rings. The minimum atomic E-state index is -0.870. The first-order valence-electron chi connectivity index (χ1n) is 6.15. The van der Waals surface area contributed by atoms with Crippen molar-refractivity contribution in [2.24, 2.45) is 11.8 Å². The molecule has 1 aliphatic heterocycles. The normalized spacial score (nSPS) is 37.4. The molecule has 2 fully saturated rings. The third-order valence-corrected chi connectivity index (χ3v) is 3.80. The highest BCUT2D eigenvalue weighted by Gasteiger charge is 2.50. The first-order valence-corrected chi connectivity index (χ1v) is 6.15. The zero-order valence-corrected chi connectivity index (χ0v) is 10.1. The smallest absolute Gasteiger partial charge is 0.307 e. The zero-order valence-electron chi connectivity index (χ0n) is 10.1. The van der Waals surface area contributed by atoms with Gasteiger partial charge in [-0.05, 0) is 32.6 Å². The molecule has 1 saturated carbocycles. The van der Waals surface area contributed by atoms with Crippen molar-refractivity contribution in [3.05, 3.63) is 0 Å². The Bertz CT molecular complexity index is 339. The molecule has 17 heavy (non-hydrogen) atoms. The summed E-state index contributed by atoms with van der Waals surface area (Å²) in [6.07, 6.45) is 2.53. The third-order valence-electron chi connectivity index (χ3n) is 3.80. The van der Waals surface area contributed by atoms with Gasteiger partial charge in [0, 0.05) is 13.1 Å². The first kappa shape index (κ1) is 12.4. The number of carboxylic acids is 1. The van der Waals surface area contributed by atoms with Gasteiger partial charge >= 0.3 is 5.97 Å². The summed E-state index contributed by atoms with van der Waals surface area (Å²) in [7, 11) is 0. The van der Waals surface area contributed by atoms with Crippen LogP contribution in [-0.2, 0) is 9.59 Å². The second-order valence-corrected chi connectivity index (χ2v) is 5.46. The molecule has 2 N–H and O–H groups in total. The molecule has 0 radical (unpaired) electrons. The van der Waals surface area contributed by atoms with Gasteiger partial charge in [0.2, 0.25) is 5.91 Å². The Hall–Kier alpha value is -1.10. The lowest BCUT2D eigenvalue weighted by atomic mass is 9.98. The quantitative estimate of drug-likeness (QED) is 0.736. The molecule has 1 aliphatic carbocycles. The van der Waals surface area contributed by atoms with Gasteiger partial charge in [-0.25, -0.2) is 0 Å². The summed E-state index contributed by atoms with van der Waals surface area (Å²) in [5.74, 6) is -1.72. The predicted molar refractivity (Wildman–Crippen MR) is 60.3 cm³/mol. The van der Waals surface area contributed by atoms with Crippen LogP contribution in [0.25, 0.3) is 0 Å². The van der Waals surface area contributed by atoms with Crippen molar-refractivity contribution in [1.29, 1.82) is 0 Å². The monoisotopic (exact) mass is 241 g/mol. The van der Waals surface area contributed by atoms with E-state index in [1.807, 2.05) is 0 Å². The van der Waals surface area contributed by atoms with Crippen molar-refractivity contribution in [3.63, 3.8) is 0 Å². The van der Waals surface area contributed by atoms with E-state index in [-0.39, 0.29) is 11.8 Å². The van der Waals surface area contributed by atoms with Gasteiger partial charge in [-0.1, -0.05) is 0 Å². The Balaban J connectivity index is 1.91. The number of hydrogen-bond donors (Lipinski definition) is 2. The number of carbonyl (C=O) groups is 2. The van der Waals surface area contributed by atoms with Gasteiger partial charge in [0.05, 0.1) is 17.4 Å². The molecular formula is C12H19NO4. The topological polar surface area (TPSA) is 77.8 Å². The molecular weight excluding hydrogens is 222 g/mol. The van der Waals surface area contributed by atoms with Crippen LogP contribution in [0.15, 0.2) is 0 Å². The Morgan fingerprint density at radius 1 is 1.24 bits per heavy atom. The van der Waals surface area contributed by atoms with E-state index in [1.165, 1.54) is 0 Å². The largest absolute Gasteiger partial charge is 0.481 e. The van der Waals surface area contributed by atoms with Gasteiger partial charge in [0.25, 0.3) is 0 Å². The van der Waals surface area contributed by atoms with E-state index in [9.17, 15) is 14.7 Å². The fraction of sp³-hybridized carbons (Fsp3) is 0.833. The molecule has 5 nitrogen and oxygen atoms in total. The van der Waals surface area contributed by atoms with Gasteiger partial charge in [0.15, 0.2) is 0 Å². The molecule has 0 aromatic heterocycles. The Morgan fingerprint density at radius 3 is 2.53 bits per heavy atom. The average molecular weight is 241 g/mol. The minimum Gasteiger partial charge on any atom is -0.481 e. The van der Waals surface area contributed by atoms with Crippen molar-refractivity contribution in [3.8, 4) is 0 Å². The number of carboxylic acid groups (broad SMARTS) is 1. The summed E-state index contributed by atoms with van der Waals surface area (Å²) >= 11 is 0. The fourth-order valence-corrected chi connectivity index (χ4v) is 2.46. The van der Waals surface area contributed by atoms with Crippen molar-refractivity contribution in [2.45, 2.75) is 38.2 Å². The van der Waals surface area contributed by atoms with Crippen LogP contribution < -0.4 is 0 Å². The van der Waals surface area contributed by atoms with Gasteiger partial charge in [-0.15, -0.1) is 0 Å². The van der Waals surface area contributed by atoms with Gasteiger partial charge in [-0.3, -0.25) is 9.59 Å². The molecule has 5 heteroatoms. The highest BCUT2D eigenvalue weighted by molar-refractivity contribution is 5.89. The lowest BCUT2D eigenvalue weighted by Crippen LogP contribution is -2.35. The van der Waals surface area contributed by atoms with Crippen LogP contribution in [-0.4, -0.2) is 45.7 Å². The van der Waals surface area contributed by atoms with E-state index in [4.69, 9.17) is 5.11 Å². The van der Waals surface area contributed by atoms with Crippen molar-refractivity contribution < 1.29 is 19.8 Å². The van der Waals surface area contributed by atoms with Crippen LogP contribution >= 0.6 is 0 Å². The molecule has 1 heterocycles. The molecule has 1 amide bonds. The molecule has 2 rings (SSSR count). The second-order valence-electron chi connectivity index (χ2n) is 5.46. The lowest BCUT2D eigenvalue weighted by Gasteiger charge is -2.22. The van der Waals surface area contributed by atoms with Gasteiger partial charge < -0.3 is 15.1 Å². The van der Waals surface area contributed by atoms with Crippen LogP contribution in [0.5, 0.6) is 0 Å². The molecule has 2 aliphatic rings. The predicted octanol–water partition coefficient (Wildman–Crippen LogP) is 0.471. The molecule has 3 atom stereocenters. The van der Waals surface area contributed by atoms with E-state index >= 15 is 0 Å². The van der Waals surface area contributed by atoms with E-state index in [2.05, 4.69) is 0 Å². The Labute approximate surface area is 100 Å². The van der Waals surface area contributed by atoms with Gasteiger partial charge in [-0.2, -0.15) is 0 Å². The van der Waals surface area contributed by atoms with E-state index < -0.39 is 17.5 Å². The van der Waals surface area contributed by atoms with Crippen LogP contribution in [0.3, 0.4) is 0 Å². The fourth-order valence-electron chi connectivity index (χ4n) is 2.46. The van der Waals surface area contributed by atoms with E-state index in [1.54, 1.807) is 11.8 Å². The maximum absolute atomic E-state index is 12.0. The van der Waals surface area contributed by atoms with E-state index in [0.29, 0.717) is 32.4 Å². The average Bonchev–Trinajstić information content (AvgIpc) is 3.00. The molecule has 1 unspecified atom stereocenters. The standard InChI is InChI=1S/C12H19NO4/c1-12(17)3-2-5-13(6-4-12)10(14)8-7-9(8)11(15)16/h8-9,17H,2-7H2,1H3,(H,15,16)/t8-,9+,12?/m1/s1. The van der Waals surface area contributed by atoms with Crippen LogP contribution in [0.2, 0.25) is 0 Å². The maximum Gasteiger partial charge on any atom is 0.307 e. The lowest BCUT2D eigenvalue weighted by molar-refractivity contribution is -0.142. The van der Waals surface area contributed by atoms with E-state index in [0.717, 1.165) is 6.42 Å². The zero-order chi connectivity index (χ0) is 12.6. The minimum absolute atomic E-state index is 0.0462. The summed E-state index contributed by atoms with van der Waals surface area (Å²) in [5, 5.41) is 18.7. The number of hydrogen-bond acceptors (Lipinski definition) is 3. The van der Waals surface area contributed by atoms with Crippen molar-refractivity contribution in [1.82, 2.24) is 4.90 Å². The second kappa shape index (κ2) is 4.29. The number of amides is 1. The number of aliphatic hydroxyl groups is 1. The van der Waals surface area contributed by atoms with Crippen LogP contribution in [0.4, 0.5) is 0 Å². The molecule has 0 spiro atoms. The summed E-state index contributed by atoms with van der Waals surface area (Å²) in [4.78, 5) is 24.5. The first-order chi connectivity index (χ1) is 7.91. The number of aliphatic carboxylic acids is 1. The molecule has 1 saturated heterocycles. The van der Waals surface area contributed by atoms with Crippen molar-refractivity contribution >= 4 is 11.9 Å². The number of likely N-dealkylation sites (tertiary alicyclic amines) is 1. The highest BCUT2D eigenvalue weighted by Crippen LogP contribution is 2.40. The molecule has 96 valence electrons. The van der Waals surface area contributed by atoms with Crippen LogP contribution in [0, 0.1) is 11.8 Å². The summed E-state index contributed by atoms with van der Waals surface area (Å²) in [6, 6.07) is 0. The maximum atomic E-state index is 12.0. The highest BCUT2D eigenvalue weighted by atomic mass is 16.4. The molecule has 0 aromatic carbocycles. The Kier molecular flexibility index (Phi) is 3.12. The Morgan fingerprint density at radius 2 is 1.94 bits per heavy atom. The molecule has 0 bridgehead atoms. The van der Waals surface area contributed by atoms with Crippen molar-refractivity contribution in [2.75, 3.05) is 13.1 Å². The van der Waals surface area contributed by atoms with Gasteiger partial charge in [0.1, 0.15) is 0 Å². The SMILES string of the molecule is CC1(O)CCCN(C(=O)[C@@H]2C[C@@H]2C(=O)O)CC1.